The zero-order valence-electron chi connectivity index (χ0n) is 10.1. The van der Waals surface area contributed by atoms with Crippen molar-refractivity contribution in [3.05, 3.63) is 60.2 Å². The Labute approximate surface area is 115 Å². The predicted octanol–water partition coefficient (Wildman–Crippen LogP) is 2.86. The number of halogens is 2. The Morgan fingerprint density at radius 1 is 1.47 bits per heavy atom. The molecule has 0 amide bonds. The lowest BCUT2D eigenvalue weighted by molar-refractivity contribution is -0.0790. The van der Waals surface area contributed by atoms with Gasteiger partial charge in [0.1, 0.15) is 18.3 Å². The predicted molar refractivity (Wildman–Crippen MR) is 70.3 cm³/mol. The Hall–Kier alpha value is -1.72. The minimum absolute atomic E-state index is 0.0374. The number of nitrogens with zero attached hydrogens (tertiary/aromatic N) is 3. The van der Waals surface area contributed by atoms with Crippen LogP contribution in [0.15, 0.2) is 49.6 Å². The first kappa shape index (κ1) is 13.7. The highest BCUT2D eigenvalue weighted by molar-refractivity contribution is 6.30. The van der Waals surface area contributed by atoms with Crippen molar-refractivity contribution >= 4 is 11.6 Å². The molecule has 0 saturated heterocycles. The molecular weight excluding hydrogens is 269 g/mol. The van der Waals surface area contributed by atoms with E-state index in [1.54, 1.807) is 24.3 Å². The summed E-state index contributed by atoms with van der Waals surface area (Å²) in [7, 11) is 0. The molecule has 1 heterocycles. The van der Waals surface area contributed by atoms with Gasteiger partial charge in [-0.3, -0.25) is 0 Å². The molecule has 0 fully saturated rings. The summed E-state index contributed by atoms with van der Waals surface area (Å²) in [4.78, 5) is 3.68. The summed E-state index contributed by atoms with van der Waals surface area (Å²) in [5.41, 5.74) is -1.36. The molecule has 4 nitrogen and oxygen atoms in total. The number of hydrogen-bond acceptors (Lipinski definition) is 3. The molecule has 100 valence electrons. The smallest absolute Gasteiger partial charge is 0.226 e. The van der Waals surface area contributed by atoms with E-state index in [9.17, 15) is 9.50 Å². The van der Waals surface area contributed by atoms with E-state index in [2.05, 4.69) is 16.7 Å². The van der Waals surface area contributed by atoms with Crippen molar-refractivity contribution < 1.29 is 9.50 Å². The van der Waals surface area contributed by atoms with Crippen LogP contribution >= 0.6 is 11.6 Å². The molecule has 2 rings (SSSR count). The summed E-state index contributed by atoms with van der Waals surface area (Å²) >= 11 is 5.79. The van der Waals surface area contributed by atoms with Crippen molar-refractivity contribution in [2.45, 2.75) is 18.3 Å². The minimum Gasteiger partial charge on any atom is -0.380 e. The summed E-state index contributed by atoms with van der Waals surface area (Å²) in [6.07, 6.45) is 2.15. The third kappa shape index (κ3) is 2.67. The van der Waals surface area contributed by atoms with Gasteiger partial charge < -0.3 is 5.11 Å². The number of rotatable bonds is 5. The van der Waals surface area contributed by atoms with Gasteiger partial charge in [-0.05, 0) is 17.7 Å². The standard InChI is InChI=1S/C13H13ClFN3O/c1-2-7-13(19,10-3-5-11(14)6-4-10)12(15)18-9-16-8-17-18/h2-6,8-9,12,19H,1,7H2. The topological polar surface area (TPSA) is 50.9 Å². The van der Waals surface area contributed by atoms with E-state index in [4.69, 9.17) is 11.6 Å². The fraction of sp³-hybridized carbons (Fsp3) is 0.231. The van der Waals surface area contributed by atoms with Gasteiger partial charge in [0.15, 0.2) is 0 Å². The molecule has 2 aromatic rings. The van der Waals surface area contributed by atoms with Crippen molar-refractivity contribution in [3.8, 4) is 0 Å². The van der Waals surface area contributed by atoms with Crippen LogP contribution in [0.3, 0.4) is 0 Å². The van der Waals surface area contributed by atoms with E-state index < -0.39 is 11.9 Å². The van der Waals surface area contributed by atoms with Gasteiger partial charge >= 0.3 is 0 Å². The second-order valence-corrected chi connectivity index (χ2v) is 4.57. The molecule has 0 aliphatic rings. The van der Waals surface area contributed by atoms with Crippen LogP contribution in [-0.4, -0.2) is 19.9 Å². The zero-order chi connectivity index (χ0) is 13.9. The number of benzene rings is 1. The van der Waals surface area contributed by atoms with Crippen molar-refractivity contribution in [2.75, 3.05) is 0 Å². The molecule has 0 aliphatic carbocycles. The number of aliphatic hydroxyl groups is 1. The third-order valence-corrected chi connectivity index (χ3v) is 3.11. The van der Waals surface area contributed by atoms with Crippen LogP contribution in [0, 0.1) is 0 Å². The monoisotopic (exact) mass is 281 g/mol. The molecule has 2 atom stereocenters. The fourth-order valence-corrected chi connectivity index (χ4v) is 1.99. The molecule has 0 radical (unpaired) electrons. The first-order chi connectivity index (χ1) is 9.08. The Balaban J connectivity index is 2.42. The highest BCUT2D eigenvalue weighted by Crippen LogP contribution is 2.37. The van der Waals surface area contributed by atoms with Crippen molar-refractivity contribution in [3.63, 3.8) is 0 Å². The van der Waals surface area contributed by atoms with E-state index in [1.807, 2.05) is 0 Å². The van der Waals surface area contributed by atoms with Gasteiger partial charge in [0, 0.05) is 11.4 Å². The molecule has 1 N–H and O–H groups in total. The molecule has 19 heavy (non-hydrogen) atoms. The van der Waals surface area contributed by atoms with Gasteiger partial charge in [-0.25, -0.2) is 14.1 Å². The average molecular weight is 282 g/mol. The van der Waals surface area contributed by atoms with Crippen molar-refractivity contribution in [2.24, 2.45) is 0 Å². The molecule has 6 heteroatoms. The normalized spacial score (nSPS) is 15.7. The summed E-state index contributed by atoms with van der Waals surface area (Å²) in [5, 5.41) is 14.9. The van der Waals surface area contributed by atoms with Crippen LogP contribution in [0.1, 0.15) is 18.3 Å². The molecule has 0 spiro atoms. The summed E-state index contributed by atoms with van der Waals surface area (Å²) in [5.74, 6) is 0. The number of aromatic nitrogens is 3. The second-order valence-electron chi connectivity index (χ2n) is 4.14. The molecule has 1 aromatic carbocycles. The first-order valence-electron chi connectivity index (χ1n) is 5.65. The largest absolute Gasteiger partial charge is 0.380 e. The highest BCUT2D eigenvalue weighted by Gasteiger charge is 2.39. The van der Waals surface area contributed by atoms with Gasteiger partial charge in [0.05, 0.1) is 0 Å². The second kappa shape index (κ2) is 5.50. The van der Waals surface area contributed by atoms with Crippen LogP contribution in [0.5, 0.6) is 0 Å². The van der Waals surface area contributed by atoms with E-state index in [1.165, 1.54) is 18.7 Å². The SMILES string of the molecule is C=CCC(O)(c1ccc(Cl)cc1)C(F)n1cncn1. The van der Waals surface area contributed by atoms with Gasteiger partial charge in [0.25, 0.3) is 0 Å². The number of hydrogen-bond donors (Lipinski definition) is 1. The summed E-state index contributed by atoms with van der Waals surface area (Å²) in [6.45, 7) is 3.55. The molecule has 0 saturated carbocycles. The lowest BCUT2D eigenvalue weighted by Crippen LogP contribution is -2.34. The summed E-state index contributed by atoms with van der Waals surface area (Å²) < 4.78 is 15.5. The zero-order valence-corrected chi connectivity index (χ0v) is 10.8. The maximum atomic E-state index is 14.5. The van der Waals surface area contributed by atoms with Crippen LogP contribution in [0.25, 0.3) is 0 Å². The van der Waals surface area contributed by atoms with E-state index in [0.717, 1.165) is 4.68 Å². The lowest BCUT2D eigenvalue weighted by atomic mass is 9.89. The van der Waals surface area contributed by atoms with Gasteiger partial charge in [-0.1, -0.05) is 29.8 Å². The van der Waals surface area contributed by atoms with Crippen LogP contribution < -0.4 is 0 Å². The minimum atomic E-state index is -1.77. The van der Waals surface area contributed by atoms with E-state index in [-0.39, 0.29) is 6.42 Å². The Bertz CT molecular complexity index is 544. The van der Waals surface area contributed by atoms with Gasteiger partial charge in [0.2, 0.25) is 6.30 Å². The fourth-order valence-electron chi connectivity index (χ4n) is 1.86. The quantitative estimate of drug-likeness (QED) is 0.858. The molecular formula is C13H13ClFN3O. The van der Waals surface area contributed by atoms with E-state index in [0.29, 0.717) is 10.6 Å². The van der Waals surface area contributed by atoms with Crippen molar-refractivity contribution in [1.29, 1.82) is 0 Å². The number of alkyl halides is 1. The first-order valence-corrected chi connectivity index (χ1v) is 6.03. The van der Waals surface area contributed by atoms with Gasteiger partial charge in [-0.2, -0.15) is 5.10 Å². The highest BCUT2D eigenvalue weighted by atomic mass is 35.5. The maximum Gasteiger partial charge on any atom is 0.226 e. The maximum absolute atomic E-state index is 14.5. The van der Waals surface area contributed by atoms with Crippen molar-refractivity contribution in [1.82, 2.24) is 14.8 Å². The average Bonchev–Trinajstić information content (AvgIpc) is 2.92. The Morgan fingerprint density at radius 2 is 2.16 bits per heavy atom. The molecule has 0 aliphatic heterocycles. The Kier molecular flexibility index (Phi) is 3.97. The summed E-state index contributed by atoms with van der Waals surface area (Å²) in [6, 6.07) is 6.35. The third-order valence-electron chi connectivity index (χ3n) is 2.86. The van der Waals surface area contributed by atoms with Crippen LogP contribution in [-0.2, 0) is 5.60 Å². The lowest BCUT2D eigenvalue weighted by Gasteiger charge is -2.30. The van der Waals surface area contributed by atoms with E-state index >= 15 is 0 Å². The molecule has 2 unspecified atom stereocenters. The van der Waals surface area contributed by atoms with Gasteiger partial charge in [-0.15, -0.1) is 6.58 Å². The molecule has 0 bridgehead atoms. The Morgan fingerprint density at radius 3 is 2.68 bits per heavy atom. The molecule has 1 aromatic heterocycles. The van der Waals surface area contributed by atoms with Crippen LogP contribution in [0.4, 0.5) is 4.39 Å². The van der Waals surface area contributed by atoms with Crippen LogP contribution in [0.2, 0.25) is 5.02 Å².